The van der Waals surface area contributed by atoms with Crippen LogP contribution >= 0.6 is 0 Å². The molecule has 0 radical (unpaired) electrons. The van der Waals surface area contributed by atoms with Gasteiger partial charge in [-0.25, -0.2) is 13.8 Å². The molecule has 5 nitrogen and oxygen atoms in total. The third-order valence-corrected chi connectivity index (χ3v) is 2.91. The van der Waals surface area contributed by atoms with Gasteiger partial charge in [-0.15, -0.1) is 0 Å². The van der Waals surface area contributed by atoms with E-state index in [2.05, 4.69) is 20.6 Å². The highest BCUT2D eigenvalue weighted by Gasteiger charge is 2.17. The molecule has 2 aromatic rings. The van der Waals surface area contributed by atoms with Crippen LogP contribution in [0.25, 0.3) is 10.9 Å². The van der Waals surface area contributed by atoms with Crippen LogP contribution in [0.2, 0.25) is 0 Å². The molecule has 0 fully saturated rings. The Kier molecular flexibility index (Phi) is 5.21. The Morgan fingerprint density at radius 3 is 2.67 bits per heavy atom. The number of alkyl halides is 2. The second kappa shape index (κ2) is 7.12. The van der Waals surface area contributed by atoms with Gasteiger partial charge in [-0.1, -0.05) is 19.1 Å². The molecular formula is C14H18F2N4O. The summed E-state index contributed by atoms with van der Waals surface area (Å²) in [6.45, 7) is 2.47. The van der Waals surface area contributed by atoms with Crippen LogP contribution in [0.15, 0.2) is 24.3 Å². The number of para-hydroxylation sites is 1. The molecule has 0 amide bonds. The van der Waals surface area contributed by atoms with Crippen LogP contribution in [0.1, 0.15) is 13.3 Å². The molecule has 1 atom stereocenters. The Balaban J connectivity index is 2.26. The van der Waals surface area contributed by atoms with E-state index in [4.69, 9.17) is 0 Å². The fraction of sp³-hybridized carbons (Fsp3) is 0.429. The van der Waals surface area contributed by atoms with Gasteiger partial charge < -0.3 is 15.7 Å². The monoisotopic (exact) mass is 296 g/mol. The zero-order chi connectivity index (χ0) is 15.2. The van der Waals surface area contributed by atoms with Gasteiger partial charge in [0.1, 0.15) is 11.9 Å². The van der Waals surface area contributed by atoms with Crippen LogP contribution in [0.5, 0.6) is 0 Å². The quantitative estimate of drug-likeness (QED) is 0.732. The average Bonchev–Trinajstić information content (AvgIpc) is 2.50. The van der Waals surface area contributed by atoms with Crippen molar-refractivity contribution in [3.8, 4) is 0 Å². The summed E-state index contributed by atoms with van der Waals surface area (Å²) < 4.78 is 24.7. The molecule has 1 unspecified atom stereocenters. The highest BCUT2D eigenvalue weighted by Crippen LogP contribution is 2.22. The van der Waals surface area contributed by atoms with Gasteiger partial charge >= 0.3 is 0 Å². The summed E-state index contributed by atoms with van der Waals surface area (Å²) in [4.78, 5) is 8.64. The number of rotatable bonds is 7. The predicted molar refractivity (Wildman–Crippen MR) is 78.8 cm³/mol. The van der Waals surface area contributed by atoms with Crippen molar-refractivity contribution in [3.63, 3.8) is 0 Å². The highest BCUT2D eigenvalue weighted by molar-refractivity contribution is 5.90. The van der Waals surface area contributed by atoms with E-state index < -0.39 is 12.5 Å². The molecule has 0 aliphatic heterocycles. The van der Waals surface area contributed by atoms with Crippen molar-refractivity contribution in [1.82, 2.24) is 9.97 Å². The Labute approximate surface area is 121 Å². The van der Waals surface area contributed by atoms with Crippen molar-refractivity contribution in [2.75, 3.05) is 23.7 Å². The molecule has 7 heteroatoms. The van der Waals surface area contributed by atoms with E-state index in [1.807, 2.05) is 25.1 Å². The number of benzene rings is 1. The lowest BCUT2D eigenvalue weighted by Gasteiger charge is -2.14. The molecule has 1 aromatic carbocycles. The minimum Gasteiger partial charge on any atom is -0.385 e. The number of anilines is 2. The fourth-order valence-electron chi connectivity index (χ4n) is 1.82. The van der Waals surface area contributed by atoms with E-state index in [1.165, 1.54) is 0 Å². The minimum absolute atomic E-state index is 0.272. The smallest absolute Gasteiger partial charge is 0.265 e. The maximum Gasteiger partial charge on any atom is 0.265 e. The topological polar surface area (TPSA) is 70.1 Å². The third-order valence-electron chi connectivity index (χ3n) is 2.91. The zero-order valence-corrected chi connectivity index (χ0v) is 11.7. The van der Waals surface area contributed by atoms with Crippen LogP contribution in [0.4, 0.5) is 20.5 Å². The molecule has 2 rings (SSSR count). The summed E-state index contributed by atoms with van der Waals surface area (Å²) in [5.74, 6) is 0.864. The molecule has 0 aliphatic carbocycles. The molecule has 0 aliphatic rings. The van der Waals surface area contributed by atoms with E-state index in [9.17, 15) is 13.9 Å². The fourth-order valence-corrected chi connectivity index (χ4v) is 1.82. The van der Waals surface area contributed by atoms with Crippen molar-refractivity contribution in [1.29, 1.82) is 0 Å². The summed E-state index contributed by atoms with van der Waals surface area (Å²) in [6.07, 6.45) is -3.60. The lowest BCUT2D eigenvalue weighted by Crippen LogP contribution is -2.27. The Morgan fingerprint density at radius 1 is 1.19 bits per heavy atom. The molecule has 21 heavy (non-hydrogen) atoms. The molecule has 0 bridgehead atoms. The molecule has 3 N–H and O–H groups in total. The van der Waals surface area contributed by atoms with E-state index in [0.29, 0.717) is 17.3 Å². The SMILES string of the molecule is CCCNc1nc(NCC(O)C(F)F)c2ccccc2n1. The first-order chi connectivity index (χ1) is 10.1. The standard InChI is InChI=1S/C14H18F2N4O/c1-2-7-17-14-19-10-6-4-3-5-9(10)13(20-14)18-8-11(21)12(15)16/h3-6,11-12,21H,2,7-8H2,1H3,(H2,17,18,19,20). The van der Waals surface area contributed by atoms with Crippen molar-refractivity contribution in [2.45, 2.75) is 25.9 Å². The maximum absolute atomic E-state index is 12.4. The lowest BCUT2D eigenvalue weighted by molar-refractivity contribution is 0.00382. The first-order valence-corrected chi connectivity index (χ1v) is 6.82. The second-order valence-electron chi connectivity index (χ2n) is 4.62. The number of fused-ring (bicyclic) bond motifs is 1. The van der Waals surface area contributed by atoms with Gasteiger partial charge in [0.05, 0.1) is 5.52 Å². The van der Waals surface area contributed by atoms with E-state index in [1.54, 1.807) is 6.07 Å². The summed E-state index contributed by atoms with van der Waals surface area (Å²) in [5.41, 5.74) is 0.708. The maximum atomic E-state index is 12.4. The van der Waals surface area contributed by atoms with Gasteiger partial charge in [-0.05, 0) is 18.6 Å². The van der Waals surface area contributed by atoms with Crippen molar-refractivity contribution >= 4 is 22.7 Å². The van der Waals surface area contributed by atoms with Crippen molar-refractivity contribution in [2.24, 2.45) is 0 Å². The van der Waals surface area contributed by atoms with Gasteiger partial charge in [0.2, 0.25) is 5.95 Å². The normalized spacial score (nSPS) is 12.6. The zero-order valence-electron chi connectivity index (χ0n) is 11.7. The molecule has 114 valence electrons. The number of halogens is 2. The van der Waals surface area contributed by atoms with Gasteiger partial charge in [0, 0.05) is 18.5 Å². The van der Waals surface area contributed by atoms with E-state index in [-0.39, 0.29) is 6.54 Å². The van der Waals surface area contributed by atoms with Gasteiger partial charge in [0.25, 0.3) is 6.43 Å². The second-order valence-corrected chi connectivity index (χ2v) is 4.62. The molecule has 0 saturated heterocycles. The van der Waals surface area contributed by atoms with Gasteiger partial charge in [-0.2, -0.15) is 4.98 Å². The summed E-state index contributed by atoms with van der Waals surface area (Å²) >= 11 is 0. The van der Waals surface area contributed by atoms with Gasteiger partial charge in [-0.3, -0.25) is 0 Å². The van der Waals surface area contributed by atoms with Gasteiger partial charge in [0.15, 0.2) is 0 Å². The predicted octanol–water partition coefficient (Wildman–Crippen LogP) is 2.49. The van der Waals surface area contributed by atoms with Crippen LogP contribution in [0.3, 0.4) is 0 Å². The summed E-state index contributed by atoms with van der Waals surface area (Å²) in [6, 6.07) is 7.29. The summed E-state index contributed by atoms with van der Waals surface area (Å²) in [5, 5.41) is 15.8. The first-order valence-electron chi connectivity index (χ1n) is 6.82. The number of aliphatic hydroxyl groups excluding tert-OH is 1. The molecule has 0 spiro atoms. The minimum atomic E-state index is -2.79. The van der Waals surface area contributed by atoms with Crippen LogP contribution in [-0.4, -0.2) is 40.7 Å². The number of nitrogens with zero attached hydrogens (tertiary/aromatic N) is 2. The number of hydrogen-bond donors (Lipinski definition) is 3. The third kappa shape index (κ3) is 3.98. The van der Waals surface area contributed by atoms with Crippen LogP contribution in [-0.2, 0) is 0 Å². The number of aliphatic hydroxyl groups is 1. The Morgan fingerprint density at radius 2 is 1.95 bits per heavy atom. The number of aromatic nitrogens is 2. The average molecular weight is 296 g/mol. The van der Waals surface area contributed by atoms with Crippen LogP contribution < -0.4 is 10.6 Å². The molecule has 1 aromatic heterocycles. The highest BCUT2D eigenvalue weighted by atomic mass is 19.3. The largest absolute Gasteiger partial charge is 0.385 e. The first kappa shape index (κ1) is 15.4. The summed E-state index contributed by atoms with van der Waals surface area (Å²) in [7, 11) is 0. The van der Waals surface area contributed by atoms with Crippen molar-refractivity contribution < 1.29 is 13.9 Å². The number of nitrogens with one attached hydrogen (secondary N) is 2. The molecular weight excluding hydrogens is 278 g/mol. The van der Waals surface area contributed by atoms with Crippen LogP contribution in [0, 0.1) is 0 Å². The van der Waals surface area contributed by atoms with E-state index >= 15 is 0 Å². The van der Waals surface area contributed by atoms with E-state index in [0.717, 1.165) is 18.4 Å². The lowest BCUT2D eigenvalue weighted by atomic mass is 10.2. The van der Waals surface area contributed by atoms with Crippen molar-refractivity contribution in [3.05, 3.63) is 24.3 Å². The molecule has 0 saturated carbocycles. The Hall–Kier alpha value is -2.02. The number of hydrogen-bond acceptors (Lipinski definition) is 5. The molecule has 1 heterocycles. The Bertz CT molecular complexity index is 594.